The summed E-state index contributed by atoms with van der Waals surface area (Å²) in [5, 5.41) is 3.47. The van der Waals surface area contributed by atoms with Crippen molar-refractivity contribution in [3.8, 4) is 0 Å². The molecule has 1 N–H and O–H groups in total. The molecular weight excluding hydrogens is 268 g/mol. The Hall–Kier alpha value is -0.650. The Morgan fingerprint density at radius 3 is 2.67 bits per heavy atom. The fraction of sp³-hybridized carbons (Fsp3) is 0.938. The summed E-state index contributed by atoms with van der Waals surface area (Å²) in [5.74, 6) is -0.0883. The molecule has 1 aliphatic carbocycles. The smallest absolute Gasteiger partial charge is 0.326 e. The van der Waals surface area contributed by atoms with E-state index < -0.39 is 5.54 Å². The van der Waals surface area contributed by atoms with Crippen LogP contribution in [-0.2, 0) is 14.3 Å². The summed E-state index contributed by atoms with van der Waals surface area (Å²) in [5.41, 5.74) is -0.465. The van der Waals surface area contributed by atoms with Crippen molar-refractivity contribution in [1.82, 2.24) is 10.2 Å². The van der Waals surface area contributed by atoms with E-state index in [0.29, 0.717) is 18.2 Å². The number of esters is 1. The largest absolute Gasteiger partial charge is 0.468 e. The van der Waals surface area contributed by atoms with Crippen molar-refractivity contribution in [2.45, 2.75) is 69.2 Å². The number of nitrogens with one attached hydrogen (secondary N) is 1. The molecule has 2 aliphatic heterocycles. The van der Waals surface area contributed by atoms with Gasteiger partial charge < -0.3 is 14.8 Å². The minimum atomic E-state index is -0.465. The monoisotopic (exact) mass is 296 g/mol. The first-order valence-corrected chi connectivity index (χ1v) is 8.40. The van der Waals surface area contributed by atoms with Gasteiger partial charge in [0.2, 0.25) is 0 Å². The van der Waals surface area contributed by atoms with Gasteiger partial charge in [-0.05, 0) is 45.1 Å². The number of carbonyl (C=O) groups excluding carboxylic acids is 1. The van der Waals surface area contributed by atoms with E-state index in [0.717, 1.165) is 45.3 Å². The summed E-state index contributed by atoms with van der Waals surface area (Å²) >= 11 is 0. The molecule has 2 heterocycles. The van der Waals surface area contributed by atoms with Crippen LogP contribution in [0.3, 0.4) is 0 Å². The van der Waals surface area contributed by atoms with Crippen molar-refractivity contribution in [1.29, 1.82) is 0 Å². The lowest BCUT2D eigenvalue weighted by atomic mass is 9.96. The Bertz CT molecular complexity index is 378. The van der Waals surface area contributed by atoms with Crippen molar-refractivity contribution >= 4 is 5.97 Å². The van der Waals surface area contributed by atoms with E-state index in [2.05, 4.69) is 17.1 Å². The predicted octanol–water partition coefficient (Wildman–Crippen LogP) is 1.31. The van der Waals surface area contributed by atoms with Crippen molar-refractivity contribution in [2.24, 2.45) is 0 Å². The standard InChI is InChI=1S/C16H28N2O3/c1-3-8-17-16(15(19)20-2)7-6-12(9-16)18-10-13-4-5-14(11-18)21-13/h12-14,17H,3-11H2,1-2H3. The van der Waals surface area contributed by atoms with Crippen LogP contribution in [0.4, 0.5) is 0 Å². The highest BCUT2D eigenvalue weighted by molar-refractivity contribution is 5.81. The first kappa shape index (κ1) is 15.3. The van der Waals surface area contributed by atoms with Crippen molar-refractivity contribution in [3.63, 3.8) is 0 Å². The first-order valence-electron chi connectivity index (χ1n) is 8.40. The van der Waals surface area contributed by atoms with Crippen LogP contribution < -0.4 is 5.32 Å². The Morgan fingerprint density at radius 1 is 1.33 bits per heavy atom. The molecule has 0 aromatic heterocycles. The van der Waals surface area contributed by atoms with Gasteiger partial charge in [0, 0.05) is 19.1 Å². The van der Waals surface area contributed by atoms with E-state index in [1.54, 1.807) is 0 Å². The molecule has 4 atom stereocenters. The molecule has 0 aromatic carbocycles. The maximum Gasteiger partial charge on any atom is 0.326 e. The Labute approximate surface area is 127 Å². The Kier molecular flexibility index (Phi) is 4.52. The second kappa shape index (κ2) is 6.23. The lowest BCUT2D eigenvalue weighted by molar-refractivity contribution is -0.148. The average Bonchev–Trinajstić information content (AvgIpc) is 3.09. The number of rotatable bonds is 5. The van der Waals surface area contributed by atoms with Gasteiger partial charge in [0.25, 0.3) is 0 Å². The third kappa shape index (κ3) is 2.96. The number of fused-ring (bicyclic) bond motifs is 2. The van der Waals surface area contributed by atoms with Gasteiger partial charge in [0.15, 0.2) is 0 Å². The van der Waals surface area contributed by atoms with Crippen LogP contribution in [0.2, 0.25) is 0 Å². The van der Waals surface area contributed by atoms with Crippen molar-refractivity contribution < 1.29 is 14.3 Å². The third-order valence-corrected chi connectivity index (χ3v) is 5.37. The van der Waals surface area contributed by atoms with Crippen LogP contribution in [-0.4, -0.2) is 61.4 Å². The summed E-state index contributed by atoms with van der Waals surface area (Å²) in [6.45, 7) is 5.07. The fourth-order valence-corrected chi connectivity index (χ4v) is 4.25. The molecule has 0 radical (unpaired) electrons. The van der Waals surface area contributed by atoms with E-state index in [1.165, 1.54) is 20.0 Å². The number of hydrogen-bond acceptors (Lipinski definition) is 5. The van der Waals surface area contributed by atoms with E-state index in [-0.39, 0.29) is 5.97 Å². The number of methoxy groups -OCH3 is 1. The van der Waals surface area contributed by atoms with Gasteiger partial charge >= 0.3 is 5.97 Å². The lowest BCUT2D eigenvalue weighted by Gasteiger charge is -2.37. The Morgan fingerprint density at radius 2 is 2.05 bits per heavy atom. The molecule has 21 heavy (non-hydrogen) atoms. The number of morpholine rings is 1. The Balaban J connectivity index is 1.65. The molecule has 4 unspecified atom stereocenters. The minimum Gasteiger partial charge on any atom is -0.468 e. The molecule has 120 valence electrons. The topological polar surface area (TPSA) is 50.8 Å². The number of hydrogen-bond donors (Lipinski definition) is 1. The molecule has 5 heteroatoms. The second-order valence-corrected chi connectivity index (χ2v) is 6.81. The highest BCUT2D eigenvalue weighted by Gasteiger charge is 2.49. The van der Waals surface area contributed by atoms with Gasteiger partial charge in [-0.25, -0.2) is 0 Å². The van der Waals surface area contributed by atoms with Crippen molar-refractivity contribution in [2.75, 3.05) is 26.7 Å². The van der Waals surface area contributed by atoms with E-state index in [9.17, 15) is 4.79 Å². The zero-order valence-electron chi connectivity index (χ0n) is 13.3. The molecule has 2 saturated heterocycles. The van der Waals surface area contributed by atoms with Crippen LogP contribution in [0.25, 0.3) is 0 Å². The van der Waals surface area contributed by atoms with Crippen LogP contribution in [0.15, 0.2) is 0 Å². The van der Waals surface area contributed by atoms with Gasteiger partial charge in [0.05, 0.1) is 19.3 Å². The normalized spacial score (nSPS) is 39.6. The zero-order chi connectivity index (χ0) is 14.9. The van der Waals surface area contributed by atoms with Crippen LogP contribution >= 0.6 is 0 Å². The van der Waals surface area contributed by atoms with Crippen LogP contribution in [0.5, 0.6) is 0 Å². The molecule has 5 nitrogen and oxygen atoms in total. The SMILES string of the molecule is CCCNC1(C(=O)OC)CCC(N2CC3CCC(C2)O3)C1. The van der Waals surface area contributed by atoms with Gasteiger partial charge in [0.1, 0.15) is 5.54 Å². The maximum atomic E-state index is 12.3. The average molecular weight is 296 g/mol. The van der Waals surface area contributed by atoms with Gasteiger partial charge in [-0.3, -0.25) is 9.69 Å². The molecule has 0 aromatic rings. The molecule has 3 rings (SSSR count). The highest BCUT2D eigenvalue weighted by atomic mass is 16.5. The minimum absolute atomic E-state index is 0.0883. The summed E-state index contributed by atoms with van der Waals surface area (Å²) < 4.78 is 11.0. The molecule has 2 bridgehead atoms. The number of nitrogens with zero attached hydrogens (tertiary/aromatic N) is 1. The second-order valence-electron chi connectivity index (χ2n) is 6.81. The number of ether oxygens (including phenoxy) is 2. The zero-order valence-corrected chi connectivity index (χ0v) is 13.3. The molecule has 3 aliphatic rings. The quantitative estimate of drug-likeness (QED) is 0.775. The van der Waals surface area contributed by atoms with Crippen molar-refractivity contribution in [3.05, 3.63) is 0 Å². The maximum absolute atomic E-state index is 12.3. The van der Waals surface area contributed by atoms with Gasteiger partial charge in [-0.2, -0.15) is 0 Å². The van der Waals surface area contributed by atoms with Gasteiger partial charge in [-0.1, -0.05) is 6.92 Å². The van der Waals surface area contributed by atoms with E-state index in [1.807, 2.05) is 0 Å². The third-order valence-electron chi connectivity index (χ3n) is 5.37. The van der Waals surface area contributed by atoms with Crippen LogP contribution in [0, 0.1) is 0 Å². The van der Waals surface area contributed by atoms with E-state index in [4.69, 9.17) is 9.47 Å². The molecule has 3 fully saturated rings. The van der Waals surface area contributed by atoms with Gasteiger partial charge in [-0.15, -0.1) is 0 Å². The molecule has 0 spiro atoms. The lowest BCUT2D eigenvalue weighted by Crippen LogP contribution is -2.53. The van der Waals surface area contributed by atoms with Crippen LogP contribution in [0.1, 0.15) is 45.4 Å². The molecule has 1 saturated carbocycles. The fourth-order valence-electron chi connectivity index (χ4n) is 4.25. The summed E-state index contributed by atoms with van der Waals surface area (Å²) in [4.78, 5) is 14.8. The summed E-state index contributed by atoms with van der Waals surface area (Å²) in [6, 6.07) is 0.487. The number of carbonyl (C=O) groups is 1. The number of likely N-dealkylation sites (tertiary alicyclic amines) is 1. The summed E-state index contributed by atoms with van der Waals surface area (Å²) in [6.07, 6.45) is 7.10. The highest BCUT2D eigenvalue weighted by Crippen LogP contribution is 2.37. The summed E-state index contributed by atoms with van der Waals surface area (Å²) in [7, 11) is 1.50. The molecular formula is C16H28N2O3. The predicted molar refractivity (Wildman–Crippen MR) is 80.1 cm³/mol. The van der Waals surface area contributed by atoms with E-state index >= 15 is 0 Å². The molecule has 0 amide bonds. The first-order chi connectivity index (χ1) is 10.2.